The van der Waals surface area contributed by atoms with Crippen molar-refractivity contribution < 1.29 is 19.1 Å². The van der Waals surface area contributed by atoms with E-state index in [1.807, 2.05) is 89.8 Å². The van der Waals surface area contributed by atoms with E-state index in [0.717, 1.165) is 46.9 Å². The highest BCUT2D eigenvalue weighted by molar-refractivity contribution is 5.86. The standard InChI is InChI=1S/C34H46N4O4/c1-9-12-27-22(2)35-30(36-27)29-20-24-13-10-11-14-25(24)21-38(29)31(39)28(37-32(40)42-34(6,7)8)19-23-15-17-26(18-16-23)41-33(3,4)5/h10-11,13-18,28-29H,9,12,19-21H2,1-8H3,(H,35,36)(H,37,40)/t28-,29+/m0/s1. The van der Waals surface area contributed by atoms with Crippen molar-refractivity contribution in [1.82, 2.24) is 20.2 Å². The maximum atomic E-state index is 14.5. The smallest absolute Gasteiger partial charge is 0.408 e. The van der Waals surface area contributed by atoms with E-state index < -0.39 is 17.7 Å². The van der Waals surface area contributed by atoms with Crippen molar-refractivity contribution in [3.63, 3.8) is 0 Å². The zero-order valence-electron chi connectivity index (χ0n) is 26.3. The fourth-order valence-corrected chi connectivity index (χ4v) is 5.29. The van der Waals surface area contributed by atoms with Crippen LogP contribution in [-0.2, 0) is 35.3 Å². The zero-order valence-corrected chi connectivity index (χ0v) is 26.3. The minimum atomic E-state index is -0.840. The first-order valence-electron chi connectivity index (χ1n) is 14.9. The number of imidazole rings is 1. The molecular weight excluding hydrogens is 528 g/mol. The van der Waals surface area contributed by atoms with Gasteiger partial charge in [0.05, 0.1) is 11.7 Å². The van der Waals surface area contributed by atoms with Gasteiger partial charge in [-0.3, -0.25) is 4.79 Å². The van der Waals surface area contributed by atoms with Crippen LogP contribution < -0.4 is 10.1 Å². The number of fused-ring (bicyclic) bond motifs is 1. The number of alkyl carbamates (subject to hydrolysis) is 1. The van der Waals surface area contributed by atoms with Crippen molar-refractivity contribution in [1.29, 1.82) is 0 Å². The Bertz CT molecular complexity index is 1380. The largest absolute Gasteiger partial charge is 0.488 e. The summed E-state index contributed by atoms with van der Waals surface area (Å²) in [5.41, 5.74) is 4.23. The lowest BCUT2D eigenvalue weighted by Crippen LogP contribution is -2.52. The second-order valence-corrected chi connectivity index (χ2v) is 13.2. The van der Waals surface area contributed by atoms with Crippen LogP contribution >= 0.6 is 0 Å². The third-order valence-corrected chi connectivity index (χ3v) is 7.11. The van der Waals surface area contributed by atoms with Gasteiger partial charge in [-0.25, -0.2) is 9.78 Å². The topological polar surface area (TPSA) is 96.6 Å². The van der Waals surface area contributed by atoms with Gasteiger partial charge in [0, 0.05) is 25.1 Å². The van der Waals surface area contributed by atoms with E-state index in [1.54, 1.807) is 0 Å². The number of nitrogens with zero attached hydrogens (tertiary/aromatic N) is 2. The second kappa shape index (κ2) is 12.6. The number of carbonyl (C=O) groups is 2. The first-order valence-corrected chi connectivity index (χ1v) is 14.9. The molecule has 0 fully saturated rings. The van der Waals surface area contributed by atoms with Crippen LogP contribution in [0.5, 0.6) is 5.75 Å². The molecule has 0 saturated carbocycles. The van der Waals surface area contributed by atoms with Gasteiger partial charge in [0.25, 0.3) is 0 Å². The van der Waals surface area contributed by atoms with E-state index in [9.17, 15) is 9.59 Å². The van der Waals surface area contributed by atoms with E-state index in [-0.39, 0.29) is 17.6 Å². The van der Waals surface area contributed by atoms with Gasteiger partial charge in [0.15, 0.2) is 0 Å². The van der Waals surface area contributed by atoms with Crippen molar-refractivity contribution >= 4 is 12.0 Å². The normalized spacial score (nSPS) is 16.0. The molecule has 1 aliphatic heterocycles. The summed E-state index contributed by atoms with van der Waals surface area (Å²) in [7, 11) is 0. The summed E-state index contributed by atoms with van der Waals surface area (Å²) in [6, 6.07) is 14.8. The highest BCUT2D eigenvalue weighted by Crippen LogP contribution is 2.33. The van der Waals surface area contributed by atoms with Crippen molar-refractivity contribution in [2.75, 3.05) is 0 Å². The highest BCUT2D eigenvalue weighted by atomic mass is 16.6. The number of aromatic amines is 1. The molecule has 2 heterocycles. The highest BCUT2D eigenvalue weighted by Gasteiger charge is 2.37. The van der Waals surface area contributed by atoms with Gasteiger partial charge in [-0.2, -0.15) is 0 Å². The molecule has 2 amide bonds. The zero-order chi connectivity index (χ0) is 30.7. The van der Waals surface area contributed by atoms with Crippen LogP contribution in [-0.4, -0.2) is 44.1 Å². The van der Waals surface area contributed by atoms with Gasteiger partial charge >= 0.3 is 6.09 Å². The SMILES string of the molecule is CCCc1nc([C@H]2Cc3ccccc3CN2C(=O)[C@H](Cc2ccc(OC(C)(C)C)cc2)NC(=O)OC(C)(C)C)[nH]c1C. The van der Waals surface area contributed by atoms with Gasteiger partial charge in [-0.05, 0) is 83.7 Å². The Morgan fingerprint density at radius 2 is 1.69 bits per heavy atom. The number of amides is 2. The monoisotopic (exact) mass is 574 g/mol. The molecule has 8 heteroatoms. The molecule has 226 valence electrons. The number of hydrogen-bond donors (Lipinski definition) is 2. The van der Waals surface area contributed by atoms with E-state index in [0.29, 0.717) is 19.4 Å². The van der Waals surface area contributed by atoms with Crippen molar-refractivity contribution in [3.05, 3.63) is 82.4 Å². The maximum Gasteiger partial charge on any atom is 0.408 e. The third-order valence-electron chi connectivity index (χ3n) is 7.11. The summed E-state index contributed by atoms with van der Waals surface area (Å²) in [5, 5.41) is 2.89. The Balaban J connectivity index is 1.67. The van der Waals surface area contributed by atoms with Gasteiger partial charge in [-0.1, -0.05) is 49.7 Å². The molecule has 4 rings (SSSR count). The summed E-state index contributed by atoms with van der Waals surface area (Å²) in [4.78, 5) is 37.7. The number of nitrogens with one attached hydrogen (secondary N) is 2. The van der Waals surface area contributed by atoms with Gasteiger partial charge in [-0.15, -0.1) is 0 Å². The fraction of sp³-hybridized carbons (Fsp3) is 0.500. The maximum absolute atomic E-state index is 14.5. The van der Waals surface area contributed by atoms with Crippen LogP contribution in [0, 0.1) is 6.92 Å². The number of aryl methyl sites for hydroxylation is 2. The van der Waals surface area contributed by atoms with Crippen LogP contribution in [0.15, 0.2) is 48.5 Å². The Kier molecular flexibility index (Phi) is 9.34. The molecule has 8 nitrogen and oxygen atoms in total. The second-order valence-electron chi connectivity index (χ2n) is 13.2. The quantitative estimate of drug-likeness (QED) is 0.316. The Morgan fingerprint density at radius 3 is 2.31 bits per heavy atom. The molecule has 3 aromatic rings. The predicted molar refractivity (Wildman–Crippen MR) is 164 cm³/mol. The number of rotatable bonds is 8. The first-order chi connectivity index (χ1) is 19.7. The lowest BCUT2D eigenvalue weighted by atomic mass is 9.92. The molecule has 1 aliphatic rings. The van der Waals surface area contributed by atoms with E-state index >= 15 is 0 Å². The molecule has 2 aromatic carbocycles. The molecule has 2 atom stereocenters. The molecule has 0 radical (unpaired) electrons. The van der Waals surface area contributed by atoms with Gasteiger partial charge in [0.1, 0.15) is 28.8 Å². The number of hydrogen-bond acceptors (Lipinski definition) is 5. The molecule has 0 saturated heterocycles. The minimum absolute atomic E-state index is 0.179. The Hall–Kier alpha value is -3.81. The van der Waals surface area contributed by atoms with E-state index in [2.05, 4.69) is 29.4 Å². The first kappa shape index (κ1) is 31.1. The fourth-order valence-electron chi connectivity index (χ4n) is 5.29. The lowest BCUT2D eigenvalue weighted by molar-refractivity contribution is -0.137. The molecule has 2 N–H and O–H groups in total. The van der Waals surface area contributed by atoms with Crippen molar-refractivity contribution in [2.24, 2.45) is 0 Å². The summed E-state index contributed by atoms with van der Waals surface area (Å²) in [6.45, 7) is 16.0. The van der Waals surface area contributed by atoms with E-state index in [1.165, 1.54) is 5.56 Å². The summed E-state index contributed by atoms with van der Waals surface area (Å²) in [6.07, 6.45) is 2.18. The predicted octanol–water partition coefficient (Wildman–Crippen LogP) is 6.61. The number of benzene rings is 2. The van der Waals surface area contributed by atoms with Crippen LogP contribution in [0.1, 0.15) is 94.8 Å². The average Bonchev–Trinajstić information content (AvgIpc) is 3.26. The summed E-state index contributed by atoms with van der Waals surface area (Å²) in [5.74, 6) is 1.35. The number of aromatic nitrogens is 2. The lowest BCUT2D eigenvalue weighted by Gasteiger charge is -2.38. The van der Waals surface area contributed by atoms with Crippen LogP contribution in [0.2, 0.25) is 0 Å². The summed E-state index contributed by atoms with van der Waals surface area (Å²) < 4.78 is 11.5. The minimum Gasteiger partial charge on any atom is -0.488 e. The van der Waals surface area contributed by atoms with Crippen LogP contribution in [0.4, 0.5) is 4.79 Å². The van der Waals surface area contributed by atoms with Gasteiger partial charge in [0.2, 0.25) is 5.91 Å². The van der Waals surface area contributed by atoms with Crippen LogP contribution in [0.25, 0.3) is 0 Å². The number of carbonyl (C=O) groups excluding carboxylic acids is 2. The Labute approximate surface area is 250 Å². The van der Waals surface area contributed by atoms with E-state index in [4.69, 9.17) is 14.5 Å². The van der Waals surface area contributed by atoms with Crippen molar-refractivity contribution in [3.8, 4) is 5.75 Å². The summed E-state index contributed by atoms with van der Waals surface area (Å²) >= 11 is 0. The molecule has 1 aromatic heterocycles. The third kappa shape index (κ3) is 8.14. The molecule has 42 heavy (non-hydrogen) atoms. The van der Waals surface area contributed by atoms with Crippen molar-refractivity contribution in [2.45, 2.75) is 111 Å². The number of H-pyrrole nitrogens is 1. The number of ether oxygens (including phenoxy) is 2. The molecule has 0 aliphatic carbocycles. The molecule has 0 bridgehead atoms. The average molecular weight is 575 g/mol. The Morgan fingerprint density at radius 1 is 1.02 bits per heavy atom. The molecule has 0 unspecified atom stereocenters. The van der Waals surface area contributed by atoms with Crippen LogP contribution in [0.3, 0.4) is 0 Å². The molecular formula is C34H46N4O4. The molecule has 0 spiro atoms. The van der Waals surface area contributed by atoms with Gasteiger partial charge < -0.3 is 24.7 Å².